The number of hydrogen-bond donors (Lipinski definition) is 1. The fraction of sp³-hybridized carbons (Fsp3) is 0.300. The molecule has 1 aliphatic heterocycles. The van der Waals surface area contributed by atoms with Gasteiger partial charge in [0, 0.05) is 29.9 Å². The van der Waals surface area contributed by atoms with Gasteiger partial charge in [-0.1, -0.05) is 12.1 Å². The van der Waals surface area contributed by atoms with Crippen molar-refractivity contribution in [2.75, 3.05) is 11.9 Å². The van der Waals surface area contributed by atoms with Crippen LogP contribution >= 0.6 is 11.3 Å². The van der Waals surface area contributed by atoms with E-state index >= 15 is 0 Å². The highest BCUT2D eigenvalue weighted by molar-refractivity contribution is 7.10. The molecule has 7 nitrogen and oxygen atoms in total. The van der Waals surface area contributed by atoms with Gasteiger partial charge in [0.25, 0.3) is 0 Å². The van der Waals surface area contributed by atoms with Crippen LogP contribution in [0.1, 0.15) is 23.4 Å². The van der Waals surface area contributed by atoms with Crippen LogP contribution in [0.5, 0.6) is 0 Å². The van der Waals surface area contributed by atoms with E-state index in [1.54, 1.807) is 39.4 Å². The van der Waals surface area contributed by atoms with Crippen molar-refractivity contribution in [3.63, 3.8) is 0 Å². The summed E-state index contributed by atoms with van der Waals surface area (Å²) in [4.78, 5) is 32.3. The van der Waals surface area contributed by atoms with Crippen LogP contribution in [-0.2, 0) is 22.6 Å². The maximum Gasteiger partial charge on any atom is 0.248 e. The number of likely N-dealkylation sites (tertiary alicyclic amines) is 1. The number of nitrogens with zero attached hydrogens (tertiary/aromatic N) is 4. The van der Waals surface area contributed by atoms with E-state index in [4.69, 9.17) is 0 Å². The monoisotopic (exact) mass is 395 g/mol. The van der Waals surface area contributed by atoms with Crippen molar-refractivity contribution in [1.82, 2.24) is 19.7 Å². The Labute approximate surface area is 167 Å². The van der Waals surface area contributed by atoms with Gasteiger partial charge >= 0.3 is 0 Å². The molecule has 0 aromatic carbocycles. The molecule has 3 aromatic heterocycles. The van der Waals surface area contributed by atoms with Crippen molar-refractivity contribution in [1.29, 1.82) is 0 Å². The lowest BCUT2D eigenvalue weighted by Gasteiger charge is -2.23. The number of anilines is 1. The highest BCUT2D eigenvalue weighted by Gasteiger charge is 2.34. The average molecular weight is 395 g/mol. The molecule has 4 heterocycles. The molecule has 28 heavy (non-hydrogen) atoms. The molecule has 1 aliphatic rings. The number of nitrogens with one attached hydrogen (secondary N) is 1. The second-order valence-electron chi connectivity index (χ2n) is 6.71. The number of thiophene rings is 1. The summed E-state index contributed by atoms with van der Waals surface area (Å²) in [6.07, 6.45) is 5.40. The molecular weight excluding hydrogens is 374 g/mol. The molecule has 0 radical (unpaired) electrons. The quantitative estimate of drug-likeness (QED) is 0.696. The lowest BCUT2D eigenvalue weighted by Crippen LogP contribution is -2.43. The molecule has 144 valence electrons. The summed E-state index contributed by atoms with van der Waals surface area (Å²) in [5.74, 6) is 0.305. The van der Waals surface area contributed by atoms with Crippen LogP contribution in [0.3, 0.4) is 0 Å². The number of aromatic nitrogens is 3. The predicted molar refractivity (Wildman–Crippen MR) is 107 cm³/mol. The van der Waals surface area contributed by atoms with Crippen LogP contribution in [-0.4, -0.2) is 44.1 Å². The lowest BCUT2D eigenvalue weighted by atomic mass is 10.2. The molecule has 0 spiro atoms. The third-order valence-electron chi connectivity index (χ3n) is 4.72. The normalized spacial score (nSPS) is 16.3. The van der Waals surface area contributed by atoms with Gasteiger partial charge < -0.3 is 10.2 Å². The summed E-state index contributed by atoms with van der Waals surface area (Å²) in [5, 5.41) is 9.20. The van der Waals surface area contributed by atoms with Gasteiger partial charge in [-0.15, -0.1) is 11.3 Å². The van der Waals surface area contributed by atoms with Gasteiger partial charge in [-0.25, -0.2) is 0 Å². The molecule has 1 unspecified atom stereocenters. The smallest absolute Gasteiger partial charge is 0.248 e. The zero-order valence-corrected chi connectivity index (χ0v) is 16.1. The second-order valence-corrected chi connectivity index (χ2v) is 7.74. The first-order valence-electron chi connectivity index (χ1n) is 9.25. The number of rotatable bonds is 6. The van der Waals surface area contributed by atoms with E-state index in [1.165, 1.54) is 0 Å². The molecule has 3 aromatic rings. The molecular formula is C20H21N5O2S. The Morgan fingerprint density at radius 1 is 1.21 bits per heavy atom. The molecule has 0 saturated carbocycles. The number of pyridine rings is 1. The summed E-state index contributed by atoms with van der Waals surface area (Å²) >= 11 is 1.56. The van der Waals surface area contributed by atoms with E-state index in [2.05, 4.69) is 15.4 Å². The Hall–Kier alpha value is -3.00. The summed E-state index contributed by atoms with van der Waals surface area (Å²) in [5.41, 5.74) is 0.893. The average Bonchev–Trinajstić information content (AvgIpc) is 3.44. The van der Waals surface area contributed by atoms with E-state index < -0.39 is 6.04 Å². The van der Waals surface area contributed by atoms with Crippen molar-refractivity contribution in [2.24, 2.45) is 0 Å². The van der Waals surface area contributed by atoms with Crippen molar-refractivity contribution < 1.29 is 9.59 Å². The number of carbonyl (C=O) groups is 2. The maximum atomic E-state index is 12.7. The first-order chi connectivity index (χ1) is 13.7. The van der Waals surface area contributed by atoms with Crippen LogP contribution in [0.25, 0.3) is 0 Å². The zero-order valence-electron chi connectivity index (χ0n) is 15.3. The van der Waals surface area contributed by atoms with Crippen LogP contribution < -0.4 is 5.32 Å². The fourth-order valence-electron chi connectivity index (χ4n) is 3.39. The van der Waals surface area contributed by atoms with Gasteiger partial charge in [0.2, 0.25) is 11.8 Å². The van der Waals surface area contributed by atoms with E-state index in [9.17, 15) is 9.59 Å². The second kappa shape index (κ2) is 8.35. The summed E-state index contributed by atoms with van der Waals surface area (Å²) in [6, 6.07) is 10.9. The molecule has 4 rings (SSSR count). The third kappa shape index (κ3) is 4.28. The van der Waals surface area contributed by atoms with Crippen molar-refractivity contribution in [3.05, 3.63) is 64.7 Å². The van der Waals surface area contributed by atoms with Crippen molar-refractivity contribution in [2.45, 2.75) is 31.8 Å². The molecule has 1 atom stereocenters. The van der Waals surface area contributed by atoms with Gasteiger partial charge in [-0.2, -0.15) is 5.10 Å². The van der Waals surface area contributed by atoms with Crippen LogP contribution in [0.15, 0.2) is 54.2 Å². The lowest BCUT2D eigenvalue weighted by molar-refractivity contribution is -0.136. The number of hydrogen-bond acceptors (Lipinski definition) is 5. The van der Waals surface area contributed by atoms with Gasteiger partial charge in [0.05, 0.1) is 18.7 Å². The van der Waals surface area contributed by atoms with Crippen molar-refractivity contribution >= 4 is 29.0 Å². The Bertz CT molecular complexity index is 939. The largest absolute Gasteiger partial charge is 0.330 e. The number of carbonyl (C=O) groups excluding carboxylic acids is 2. The summed E-state index contributed by atoms with van der Waals surface area (Å²) in [6.45, 7) is 1.15. The highest BCUT2D eigenvalue weighted by Crippen LogP contribution is 2.21. The Morgan fingerprint density at radius 3 is 2.93 bits per heavy atom. The maximum absolute atomic E-state index is 12.7. The van der Waals surface area contributed by atoms with Gasteiger partial charge in [0.15, 0.2) is 5.82 Å². The molecule has 0 aliphatic carbocycles. The SMILES string of the molecule is O=C(Nc1ccn(Cc2ccccn2)n1)C1CCCN1C(=O)Cc1cccs1. The Kier molecular flexibility index (Phi) is 5.48. The van der Waals surface area contributed by atoms with Crippen molar-refractivity contribution in [3.8, 4) is 0 Å². The molecule has 2 amide bonds. The van der Waals surface area contributed by atoms with Gasteiger partial charge in [0.1, 0.15) is 6.04 Å². The molecule has 1 N–H and O–H groups in total. The van der Waals surface area contributed by atoms with Gasteiger partial charge in [-0.3, -0.25) is 19.3 Å². The molecule has 8 heteroatoms. The summed E-state index contributed by atoms with van der Waals surface area (Å²) < 4.78 is 1.73. The van der Waals surface area contributed by atoms with E-state index in [0.717, 1.165) is 17.0 Å². The third-order valence-corrected chi connectivity index (χ3v) is 5.60. The van der Waals surface area contributed by atoms with Gasteiger partial charge in [-0.05, 0) is 36.4 Å². The molecule has 1 fully saturated rings. The van der Waals surface area contributed by atoms with Crippen LogP contribution in [0.4, 0.5) is 5.82 Å². The van der Waals surface area contributed by atoms with E-state index in [0.29, 0.717) is 31.7 Å². The Balaban J connectivity index is 1.37. The molecule has 0 bridgehead atoms. The minimum atomic E-state index is -0.437. The van der Waals surface area contributed by atoms with Crippen LogP contribution in [0, 0.1) is 0 Å². The minimum Gasteiger partial charge on any atom is -0.330 e. The van der Waals surface area contributed by atoms with E-state index in [1.807, 2.05) is 35.7 Å². The Morgan fingerprint density at radius 2 is 2.14 bits per heavy atom. The molecule has 1 saturated heterocycles. The first kappa shape index (κ1) is 18.4. The first-order valence-corrected chi connectivity index (χ1v) is 10.1. The minimum absolute atomic E-state index is 0.000723. The zero-order chi connectivity index (χ0) is 19.3. The topological polar surface area (TPSA) is 80.1 Å². The predicted octanol–water partition coefficient (Wildman–Crippen LogP) is 2.56. The highest BCUT2D eigenvalue weighted by atomic mass is 32.1. The van der Waals surface area contributed by atoms with Crippen LogP contribution in [0.2, 0.25) is 0 Å². The summed E-state index contributed by atoms with van der Waals surface area (Å²) in [7, 11) is 0. The standard InChI is InChI=1S/C20H21N5O2S/c26-19(13-16-6-4-12-28-16)25-10-3-7-17(25)20(27)22-18-8-11-24(23-18)14-15-5-1-2-9-21-15/h1-2,4-6,8-9,11-12,17H,3,7,10,13-14H2,(H,22,23,27). The van der Waals surface area contributed by atoms with E-state index in [-0.39, 0.29) is 11.8 Å². The number of amides is 2. The fourth-order valence-corrected chi connectivity index (χ4v) is 4.08.